The van der Waals surface area contributed by atoms with Crippen LogP contribution >= 0.6 is 0 Å². The van der Waals surface area contributed by atoms with Gasteiger partial charge >= 0.3 is 12.8 Å². The molecule has 0 atom stereocenters. The summed E-state index contributed by atoms with van der Waals surface area (Å²) in [7, 11) is -3.98. The number of nitrogens with zero attached hydrogens (tertiary/aromatic N) is 11. The van der Waals surface area contributed by atoms with Gasteiger partial charge in [0.1, 0.15) is 11.4 Å². The molecule has 0 fully saturated rings. The molecule has 0 saturated heterocycles. The van der Waals surface area contributed by atoms with E-state index in [-0.39, 0.29) is 82.3 Å². The van der Waals surface area contributed by atoms with Crippen molar-refractivity contribution in [1.82, 2.24) is 24.5 Å². The Labute approximate surface area is 478 Å². The van der Waals surface area contributed by atoms with Gasteiger partial charge in [0.05, 0.1) is 50.7 Å². The largest absolute Gasteiger partial charge is 1.00 e. The number of azo groups is 2. The average Bonchev–Trinajstić information content (AvgIpc) is 3.84. The Balaban J connectivity index is 0.000000428. The van der Waals surface area contributed by atoms with Crippen LogP contribution < -0.4 is 5.14 Å². The predicted octanol–water partition coefficient (Wildman–Crippen LogP) is 11.7. The number of nitro groups is 2. The van der Waals surface area contributed by atoms with E-state index in [1.165, 1.54) is 124 Å². The molecule has 0 unspecified atom stereocenters. The molecular formula is C54H75CrN12O12S+. The Bertz CT molecular complexity index is 3150. The summed E-state index contributed by atoms with van der Waals surface area (Å²) < 4.78 is 25.6. The maximum Gasteiger partial charge on any atom is 1.00 e. The van der Waals surface area contributed by atoms with E-state index in [1.807, 2.05) is 26.8 Å². The summed E-state index contributed by atoms with van der Waals surface area (Å²) in [6.45, 7) is 15.8. The summed E-state index contributed by atoms with van der Waals surface area (Å²) >= 11 is 0. The first-order valence-corrected chi connectivity index (χ1v) is 27.5. The number of rotatable bonds is 25. The topological polar surface area (TPSA) is 356 Å². The zero-order valence-electron chi connectivity index (χ0n) is 47.3. The van der Waals surface area contributed by atoms with Crippen LogP contribution in [0.15, 0.2) is 104 Å². The third kappa shape index (κ3) is 20.5. The smallest absolute Gasteiger partial charge is 0.501 e. The summed E-state index contributed by atoms with van der Waals surface area (Å²) in [5, 5.41) is 111. The summed E-state index contributed by atoms with van der Waals surface area (Å²) in [4.78, 5) is 23.0. The second-order valence-electron chi connectivity index (χ2n) is 20.0. The van der Waals surface area contributed by atoms with Gasteiger partial charge in [-0.15, -0.1) is 20.5 Å². The Morgan fingerprint density at radius 2 is 1.10 bits per heavy atom. The van der Waals surface area contributed by atoms with Gasteiger partial charge in [-0.25, -0.2) is 13.6 Å². The number of hydrogen-bond acceptors (Lipinski definition) is 19. The van der Waals surface area contributed by atoms with Gasteiger partial charge in [0.15, 0.2) is 11.4 Å². The van der Waals surface area contributed by atoms with Crippen LogP contribution in [0.1, 0.15) is 116 Å². The number of phenols is 2. The number of sulfonamides is 1. The minimum Gasteiger partial charge on any atom is -0.501 e. The van der Waals surface area contributed by atoms with Crippen molar-refractivity contribution >= 4 is 44.1 Å². The second kappa shape index (κ2) is 32.2. The Hall–Kier alpha value is -7.18. The number of aliphatic hydroxyl groups excluding tert-OH is 2. The zero-order valence-corrected chi connectivity index (χ0v) is 48.4. The number of aryl methyl sites for hydroxylation is 3. The molecule has 6 rings (SSSR count). The quantitative estimate of drug-likeness (QED) is 0.0121. The average molecular weight is 1170 g/mol. The van der Waals surface area contributed by atoms with Gasteiger partial charge in [0, 0.05) is 42.6 Å². The molecule has 4 aromatic carbocycles. The molecule has 0 aliphatic carbocycles. The van der Waals surface area contributed by atoms with Crippen LogP contribution in [0.25, 0.3) is 11.4 Å². The number of nitro benzene ring substituents is 2. The summed E-state index contributed by atoms with van der Waals surface area (Å²) in [5.74, 6) is -1.92. The number of para-hydroxylation sites is 1. The molecule has 2 heterocycles. The molecule has 0 saturated carbocycles. The zero-order chi connectivity index (χ0) is 58.5. The van der Waals surface area contributed by atoms with Gasteiger partial charge in [-0.1, -0.05) is 110 Å². The normalized spacial score (nSPS) is 11.6. The van der Waals surface area contributed by atoms with Gasteiger partial charge in [-0.3, -0.25) is 25.1 Å². The molecule has 2 aromatic heterocycles. The first kappa shape index (κ1) is 67.1. The first-order chi connectivity index (χ1) is 37.4. The van der Waals surface area contributed by atoms with E-state index in [0.29, 0.717) is 42.0 Å². The van der Waals surface area contributed by atoms with E-state index in [0.717, 1.165) is 11.2 Å². The number of benzene rings is 4. The van der Waals surface area contributed by atoms with Crippen LogP contribution in [0.4, 0.5) is 34.1 Å². The van der Waals surface area contributed by atoms with Crippen molar-refractivity contribution in [2.45, 2.75) is 124 Å². The van der Waals surface area contributed by atoms with E-state index in [2.05, 4.69) is 42.5 Å². The molecule has 26 heteroatoms. The molecule has 0 amide bonds. The number of unbranched alkanes of at least 4 members (excludes halogenated alkanes) is 9. The molecule has 0 radical (unpaired) electrons. The van der Waals surface area contributed by atoms with Crippen molar-refractivity contribution in [2.24, 2.45) is 31.0 Å². The minimum atomic E-state index is -3.98. The molecular weight excluding hydrogens is 1090 g/mol. The maximum absolute atomic E-state index is 11.6. The Kier molecular flexibility index (Phi) is 27.0. The van der Waals surface area contributed by atoms with E-state index in [9.17, 15) is 49.1 Å². The fourth-order valence-corrected chi connectivity index (χ4v) is 8.72. The fourth-order valence-electron chi connectivity index (χ4n) is 8.17. The number of nitrogens with two attached hydrogens (primary N) is 1. The van der Waals surface area contributed by atoms with Crippen LogP contribution in [0.3, 0.4) is 0 Å². The van der Waals surface area contributed by atoms with Crippen molar-refractivity contribution in [3.05, 3.63) is 122 Å². The van der Waals surface area contributed by atoms with Crippen LogP contribution in [0.5, 0.6) is 23.3 Å². The standard InChI is InChI=1S/C21H24N6O6S.C17H15N5O4.C16H35NO2.Cr/c1-12-18(20(29)26(25-12)14-6-5-7-15(10-14)34(22,32)33)24-23-16-8-13(11-21(2,3)4)9-17(19(16)28)27(30)31;1-10-8-13(16(23)14(9-10)22(25)26)18-19-15-11(2)20-21(17(15)24)12-6-4-3-5-7-12;1-2-3-4-5-6-7-8-9-10-11-12-17(13-15-18)14-16-19;/h5-10,28-29H,11H2,1-4H3,(H2,22,32,33);3-9,23-24H,1-2H3;18-19H,2-16H2,1H3;/p+1. The number of phenolic OH excluding ortho intramolecular Hbond substituents is 2. The second-order valence-corrected chi connectivity index (χ2v) is 21.5. The van der Waals surface area contributed by atoms with Crippen molar-refractivity contribution in [3.63, 3.8) is 0 Å². The number of primary sulfonamides is 1. The van der Waals surface area contributed by atoms with Crippen LogP contribution in [-0.4, -0.2) is 106 Å². The van der Waals surface area contributed by atoms with Crippen molar-refractivity contribution in [2.75, 3.05) is 32.8 Å². The van der Waals surface area contributed by atoms with E-state index < -0.39 is 48.6 Å². The molecule has 24 nitrogen and oxygen atoms in total. The molecule has 0 aliphatic rings. The van der Waals surface area contributed by atoms with E-state index in [1.54, 1.807) is 38.1 Å². The van der Waals surface area contributed by atoms with Crippen LogP contribution in [-0.2, 0) is 33.8 Å². The monoisotopic (exact) mass is 1170 g/mol. The van der Waals surface area contributed by atoms with Crippen molar-refractivity contribution in [3.8, 4) is 34.6 Å². The molecule has 0 spiro atoms. The predicted molar refractivity (Wildman–Crippen MR) is 301 cm³/mol. The molecule has 0 bridgehead atoms. The Morgan fingerprint density at radius 3 is 1.57 bits per heavy atom. The van der Waals surface area contributed by atoms with Crippen molar-refractivity contribution < 1.29 is 67.7 Å². The van der Waals surface area contributed by atoms with Gasteiger partial charge in [-0.2, -0.15) is 19.6 Å². The van der Waals surface area contributed by atoms with Crippen LogP contribution in [0.2, 0.25) is 0 Å². The SMILES string of the molecule is CCCCCCCCCCCCN(CCO)CCO.Cc1cc(N=Nc2c(C)nn(-c3ccccc3)c2O)c(O)c([N+](=O)[O-])c1.Cc1nn(-c2cccc(S(N)(=O)=O)c2)c(O)c1N=Nc1cc(CC(C)(C)C)cc([N+](=O)[O-])c1O.[Cr].[H+]. The molecule has 434 valence electrons. The number of aromatic hydroxyl groups is 4. The van der Waals surface area contributed by atoms with E-state index in [4.69, 9.17) is 15.4 Å². The molecule has 6 aromatic rings. The van der Waals surface area contributed by atoms with Gasteiger partial charge in [0.25, 0.3) is 0 Å². The Morgan fingerprint density at radius 1 is 0.637 bits per heavy atom. The third-order valence-electron chi connectivity index (χ3n) is 12.0. The summed E-state index contributed by atoms with van der Waals surface area (Å²) in [5.41, 5.74) is 1.32. The van der Waals surface area contributed by atoms with Crippen molar-refractivity contribution in [1.29, 1.82) is 0 Å². The van der Waals surface area contributed by atoms with Gasteiger partial charge in [-0.05, 0) is 99.2 Å². The van der Waals surface area contributed by atoms with Gasteiger partial charge in [0.2, 0.25) is 33.3 Å². The summed E-state index contributed by atoms with van der Waals surface area (Å²) in [6, 6.07) is 19.9. The maximum atomic E-state index is 11.6. The third-order valence-corrected chi connectivity index (χ3v) is 13.0. The number of aromatic nitrogens is 4. The molecule has 8 N–H and O–H groups in total. The van der Waals surface area contributed by atoms with Gasteiger partial charge < -0.3 is 30.6 Å². The molecule has 0 aliphatic heterocycles. The fraction of sp³-hybridized carbons (Fsp3) is 0.444. The first-order valence-electron chi connectivity index (χ1n) is 25.9. The minimum absolute atomic E-state index is 0. The number of aliphatic hydroxyl groups is 2. The van der Waals surface area contributed by atoms with Crippen LogP contribution in [0, 0.1) is 46.4 Å². The van der Waals surface area contributed by atoms with E-state index >= 15 is 0 Å². The summed E-state index contributed by atoms with van der Waals surface area (Å²) in [6.07, 6.45) is 14.0. The number of hydrogen-bond donors (Lipinski definition) is 7. The molecule has 80 heavy (non-hydrogen) atoms.